The molecule has 3 rings (SSSR count). The SMILES string of the molecule is CCN(CC)c1ccc(CC(C(=O)O)c2ccc3c(c2)OCO3)cc1. The van der Waals surface area contributed by atoms with Gasteiger partial charge in [-0.1, -0.05) is 18.2 Å². The number of hydrogen-bond donors (Lipinski definition) is 1. The van der Waals surface area contributed by atoms with Crippen LogP contribution in [0.25, 0.3) is 0 Å². The van der Waals surface area contributed by atoms with E-state index in [9.17, 15) is 9.90 Å². The second kappa shape index (κ2) is 7.47. The molecule has 1 atom stereocenters. The topological polar surface area (TPSA) is 59.0 Å². The first kappa shape index (κ1) is 17.1. The molecule has 0 radical (unpaired) electrons. The van der Waals surface area contributed by atoms with Crippen LogP contribution in [0.3, 0.4) is 0 Å². The summed E-state index contributed by atoms with van der Waals surface area (Å²) >= 11 is 0. The van der Waals surface area contributed by atoms with Gasteiger partial charge in [-0.3, -0.25) is 4.79 Å². The summed E-state index contributed by atoms with van der Waals surface area (Å²) in [6.07, 6.45) is 0.438. The minimum absolute atomic E-state index is 0.184. The van der Waals surface area contributed by atoms with Crippen LogP contribution in [0.4, 0.5) is 5.69 Å². The van der Waals surface area contributed by atoms with Crippen molar-refractivity contribution < 1.29 is 19.4 Å². The molecule has 1 aliphatic heterocycles. The monoisotopic (exact) mass is 341 g/mol. The fourth-order valence-corrected chi connectivity index (χ4v) is 3.14. The van der Waals surface area contributed by atoms with Crippen molar-refractivity contribution in [2.24, 2.45) is 0 Å². The fraction of sp³-hybridized carbons (Fsp3) is 0.350. The lowest BCUT2D eigenvalue weighted by Gasteiger charge is -2.21. The number of aliphatic carboxylic acids is 1. The van der Waals surface area contributed by atoms with Gasteiger partial charge in [0.1, 0.15) is 0 Å². The molecule has 1 heterocycles. The van der Waals surface area contributed by atoms with E-state index in [1.165, 1.54) is 0 Å². The Morgan fingerprint density at radius 1 is 1.08 bits per heavy atom. The first-order valence-electron chi connectivity index (χ1n) is 8.58. The molecule has 0 aliphatic carbocycles. The lowest BCUT2D eigenvalue weighted by molar-refractivity contribution is -0.138. The number of hydrogen-bond acceptors (Lipinski definition) is 4. The molecule has 2 aromatic carbocycles. The molecule has 0 saturated carbocycles. The van der Waals surface area contributed by atoms with Crippen LogP contribution < -0.4 is 14.4 Å². The van der Waals surface area contributed by atoms with Crippen molar-refractivity contribution in [3.8, 4) is 11.5 Å². The molecule has 2 aromatic rings. The van der Waals surface area contributed by atoms with E-state index in [2.05, 4.69) is 30.9 Å². The Hall–Kier alpha value is -2.69. The molecule has 1 aliphatic rings. The summed E-state index contributed by atoms with van der Waals surface area (Å²) in [6, 6.07) is 13.5. The van der Waals surface area contributed by atoms with Crippen molar-refractivity contribution in [1.82, 2.24) is 0 Å². The molecule has 0 bridgehead atoms. The molecular weight excluding hydrogens is 318 g/mol. The van der Waals surface area contributed by atoms with Gasteiger partial charge in [-0.2, -0.15) is 0 Å². The molecule has 0 saturated heterocycles. The van der Waals surface area contributed by atoms with Crippen LogP contribution >= 0.6 is 0 Å². The van der Waals surface area contributed by atoms with Gasteiger partial charge in [-0.05, 0) is 55.7 Å². The first-order valence-corrected chi connectivity index (χ1v) is 8.58. The quantitative estimate of drug-likeness (QED) is 0.832. The predicted octanol–water partition coefficient (Wildman–Crippen LogP) is 3.67. The van der Waals surface area contributed by atoms with E-state index in [1.807, 2.05) is 12.1 Å². The van der Waals surface area contributed by atoms with E-state index in [0.717, 1.165) is 29.9 Å². The van der Waals surface area contributed by atoms with E-state index in [1.54, 1.807) is 18.2 Å². The number of carboxylic acids is 1. The second-order valence-electron chi connectivity index (χ2n) is 6.05. The fourth-order valence-electron chi connectivity index (χ4n) is 3.14. The van der Waals surface area contributed by atoms with Gasteiger partial charge in [-0.15, -0.1) is 0 Å². The maximum atomic E-state index is 11.8. The highest BCUT2D eigenvalue weighted by molar-refractivity contribution is 5.77. The van der Waals surface area contributed by atoms with Gasteiger partial charge in [-0.25, -0.2) is 0 Å². The van der Waals surface area contributed by atoms with E-state index in [-0.39, 0.29) is 6.79 Å². The van der Waals surface area contributed by atoms with Gasteiger partial charge in [0, 0.05) is 18.8 Å². The number of benzene rings is 2. The molecule has 0 amide bonds. The summed E-state index contributed by atoms with van der Waals surface area (Å²) in [4.78, 5) is 14.1. The average Bonchev–Trinajstić information content (AvgIpc) is 3.09. The number of rotatable bonds is 7. The maximum absolute atomic E-state index is 11.8. The largest absolute Gasteiger partial charge is 0.481 e. The molecule has 1 unspecified atom stereocenters. The van der Waals surface area contributed by atoms with Crippen molar-refractivity contribution in [3.05, 3.63) is 53.6 Å². The summed E-state index contributed by atoms with van der Waals surface area (Å²) in [7, 11) is 0. The molecule has 5 nitrogen and oxygen atoms in total. The Labute approximate surface area is 147 Å². The Balaban J connectivity index is 1.79. The summed E-state index contributed by atoms with van der Waals surface area (Å²) in [6.45, 7) is 6.33. The third-order valence-corrected chi connectivity index (χ3v) is 4.60. The van der Waals surface area contributed by atoms with Gasteiger partial charge in [0.05, 0.1) is 5.92 Å². The average molecular weight is 341 g/mol. The van der Waals surface area contributed by atoms with E-state index in [0.29, 0.717) is 17.9 Å². The van der Waals surface area contributed by atoms with Crippen molar-refractivity contribution >= 4 is 11.7 Å². The minimum atomic E-state index is -0.841. The molecule has 132 valence electrons. The van der Waals surface area contributed by atoms with Gasteiger partial charge in [0.2, 0.25) is 6.79 Å². The minimum Gasteiger partial charge on any atom is -0.481 e. The first-order chi connectivity index (χ1) is 12.1. The van der Waals surface area contributed by atoms with Crippen LogP contribution in [-0.2, 0) is 11.2 Å². The number of anilines is 1. The third-order valence-electron chi connectivity index (χ3n) is 4.60. The summed E-state index contributed by atoms with van der Waals surface area (Å²) in [5.41, 5.74) is 2.88. The van der Waals surface area contributed by atoms with Crippen molar-refractivity contribution in [2.75, 3.05) is 24.8 Å². The maximum Gasteiger partial charge on any atom is 0.311 e. The van der Waals surface area contributed by atoms with E-state index < -0.39 is 11.9 Å². The molecule has 0 aromatic heterocycles. The Bertz CT molecular complexity index is 738. The van der Waals surface area contributed by atoms with E-state index in [4.69, 9.17) is 9.47 Å². The van der Waals surface area contributed by atoms with Crippen LogP contribution in [0.1, 0.15) is 30.9 Å². The van der Waals surface area contributed by atoms with Gasteiger partial charge >= 0.3 is 5.97 Å². The zero-order chi connectivity index (χ0) is 17.8. The third kappa shape index (κ3) is 3.71. The zero-order valence-electron chi connectivity index (χ0n) is 14.6. The number of ether oxygens (including phenoxy) is 2. The van der Waals surface area contributed by atoms with Crippen molar-refractivity contribution in [2.45, 2.75) is 26.2 Å². The normalized spacial score (nSPS) is 13.5. The lowest BCUT2D eigenvalue weighted by Crippen LogP contribution is -2.21. The number of carbonyl (C=O) groups is 1. The van der Waals surface area contributed by atoms with Crippen LogP contribution in [0.2, 0.25) is 0 Å². The Kier molecular flexibility index (Phi) is 5.12. The highest BCUT2D eigenvalue weighted by Crippen LogP contribution is 2.35. The standard InChI is InChI=1S/C20H23NO4/c1-3-21(4-2)16-8-5-14(6-9-16)11-17(20(22)23)15-7-10-18-19(12-15)25-13-24-18/h5-10,12,17H,3-4,11,13H2,1-2H3,(H,22,23). The molecule has 1 N–H and O–H groups in total. The summed E-state index contributed by atoms with van der Waals surface area (Å²) in [5.74, 6) is -0.183. The van der Waals surface area contributed by atoms with Crippen LogP contribution in [0.5, 0.6) is 11.5 Å². The lowest BCUT2D eigenvalue weighted by atomic mass is 9.91. The van der Waals surface area contributed by atoms with Crippen LogP contribution in [0, 0.1) is 0 Å². The smallest absolute Gasteiger partial charge is 0.311 e. The Morgan fingerprint density at radius 3 is 2.40 bits per heavy atom. The second-order valence-corrected chi connectivity index (χ2v) is 6.05. The van der Waals surface area contributed by atoms with E-state index >= 15 is 0 Å². The van der Waals surface area contributed by atoms with Crippen LogP contribution in [0.15, 0.2) is 42.5 Å². The number of nitrogens with zero attached hydrogens (tertiary/aromatic N) is 1. The molecule has 0 fully saturated rings. The zero-order valence-corrected chi connectivity index (χ0v) is 14.6. The number of fused-ring (bicyclic) bond motifs is 1. The van der Waals surface area contributed by atoms with Gasteiger partial charge in [0.25, 0.3) is 0 Å². The molecule has 25 heavy (non-hydrogen) atoms. The molecule has 0 spiro atoms. The molecule has 5 heteroatoms. The summed E-state index contributed by atoms with van der Waals surface area (Å²) in [5, 5.41) is 9.68. The summed E-state index contributed by atoms with van der Waals surface area (Å²) < 4.78 is 10.7. The van der Waals surface area contributed by atoms with Crippen molar-refractivity contribution in [3.63, 3.8) is 0 Å². The predicted molar refractivity (Wildman–Crippen MR) is 96.6 cm³/mol. The molecular formula is C20H23NO4. The van der Waals surface area contributed by atoms with Gasteiger partial charge in [0.15, 0.2) is 11.5 Å². The van der Waals surface area contributed by atoms with Gasteiger partial charge < -0.3 is 19.5 Å². The highest BCUT2D eigenvalue weighted by atomic mass is 16.7. The van der Waals surface area contributed by atoms with Crippen molar-refractivity contribution in [1.29, 1.82) is 0 Å². The van der Waals surface area contributed by atoms with Crippen LogP contribution in [-0.4, -0.2) is 31.0 Å². The number of carboxylic acid groups (broad SMARTS) is 1. The highest BCUT2D eigenvalue weighted by Gasteiger charge is 2.23. The Morgan fingerprint density at radius 2 is 1.76 bits per heavy atom.